The molecule has 162 valence electrons. The Bertz CT molecular complexity index is 678. The maximum absolute atomic E-state index is 14.3. The van der Waals surface area contributed by atoms with Gasteiger partial charge in [0.05, 0.1) is 6.61 Å². The molecule has 0 spiro atoms. The molecule has 2 saturated carbocycles. The van der Waals surface area contributed by atoms with E-state index in [1.54, 1.807) is 6.92 Å². The molecule has 0 unspecified atom stereocenters. The first kappa shape index (κ1) is 22.5. The van der Waals surface area contributed by atoms with Crippen LogP contribution in [-0.2, 0) is 0 Å². The van der Waals surface area contributed by atoms with Crippen molar-refractivity contribution >= 4 is 17.3 Å². The number of halogens is 2. The van der Waals surface area contributed by atoms with E-state index in [9.17, 15) is 8.78 Å². The van der Waals surface area contributed by atoms with Gasteiger partial charge in [-0.3, -0.25) is 0 Å². The van der Waals surface area contributed by atoms with Gasteiger partial charge in [0.1, 0.15) is 0 Å². The van der Waals surface area contributed by atoms with Crippen LogP contribution in [0.4, 0.5) is 8.78 Å². The summed E-state index contributed by atoms with van der Waals surface area (Å²) in [6.45, 7) is 4.29. The van der Waals surface area contributed by atoms with Gasteiger partial charge in [-0.1, -0.05) is 32.6 Å². The number of benzene rings is 1. The van der Waals surface area contributed by atoms with Crippen molar-refractivity contribution in [2.75, 3.05) is 6.61 Å². The Kier molecular flexibility index (Phi) is 8.28. The molecule has 0 amide bonds. The van der Waals surface area contributed by atoms with E-state index in [1.807, 2.05) is 0 Å². The van der Waals surface area contributed by atoms with E-state index < -0.39 is 11.6 Å². The van der Waals surface area contributed by atoms with Crippen LogP contribution in [0.25, 0.3) is 0 Å². The molecule has 1 aromatic rings. The van der Waals surface area contributed by atoms with Crippen molar-refractivity contribution in [3.05, 3.63) is 23.8 Å². The number of thiocarbonyl (C=S) groups is 1. The molecule has 0 aliphatic heterocycles. The van der Waals surface area contributed by atoms with E-state index in [0.29, 0.717) is 5.05 Å². The van der Waals surface area contributed by atoms with Crippen LogP contribution in [0.15, 0.2) is 12.1 Å². The minimum absolute atomic E-state index is 0.0996. The Morgan fingerprint density at radius 1 is 0.897 bits per heavy atom. The second kappa shape index (κ2) is 10.7. The van der Waals surface area contributed by atoms with Crippen molar-refractivity contribution in [1.29, 1.82) is 0 Å². The zero-order valence-electron chi connectivity index (χ0n) is 17.7. The SMILES string of the molecule is CCCC1CCC(C2CCC(C(=S)Oc3ccc(OCC)c(F)c3F)CC2)CC1. The van der Waals surface area contributed by atoms with E-state index in [0.717, 1.165) is 43.4 Å². The van der Waals surface area contributed by atoms with Crippen molar-refractivity contribution in [2.24, 2.45) is 23.7 Å². The molecule has 29 heavy (non-hydrogen) atoms. The molecule has 0 saturated heterocycles. The fourth-order valence-corrected chi connectivity index (χ4v) is 5.56. The summed E-state index contributed by atoms with van der Waals surface area (Å²) in [6.07, 6.45) is 12.5. The third-order valence-electron chi connectivity index (χ3n) is 6.88. The molecule has 0 aromatic heterocycles. The molecular weight excluding hydrogens is 390 g/mol. The second-order valence-corrected chi connectivity index (χ2v) is 9.13. The van der Waals surface area contributed by atoms with Crippen molar-refractivity contribution < 1.29 is 18.3 Å². The zero-order valence-corrected chi connectivity index (χ0v) is 18.5. The molecule has 0 N–H and O–H groups in total. The van der Waals surface area contributed by atoms with Crippen LogP contribution in [-0.4, -0.2) is 11.7 Å². The first-order valence-electron chi connectivity index (χ1n) is 11.4. The van der Waals surface area contributed by atoms with E-state index in [4.69, 9.17) is 21.7 Å². The summed E-state index contributed by atoms with van der Waals surface area (Å²) < 4.78 is 39.0. The highest BCUT2D eigenvalue weighted by molar-refractivity contribution is 7.80. The second-order valence-electron chi connectivity index (χ2n) is 8.73. The molecule has 5 heteroatoms. The number of hydrogen-bond donors (Lipinski definition) is 0. The van der Waals surface area contributed by atoms with Crippen molar-refractivity contribution in [2.45, 2.75) is 78.1 Å². The first-order chi connectivity index (χ1) is 14.0. The standard InChI is InChI=1S/C24H34F2O2S/c1-3-5-16-6-8-17(9-7-16)18-10-12-19(13-11-18)24(29)28-21-15-14-20(27-4-2)22(25)23(21)26/h14-19H,3-13H2,1-2H3. The highest BCUT2D eigenvalue weighted by atomic mass is 32.1. The quantitative estimate of drug-likeness (QED) is 0.423. The first-order valence-corrected chi connectivity index (χ1v) is 11.8. The maximum Gasteiger partial charge on any atom is 0.205 e. The van der Waals surface area contributed by atoms with Crippen molar-refractivity contribution in [1.82, 2.24) is 0 Å². The van der Waals surface area contributed by atoms with Crippen LogP contribution >= 0.6 is 12.2 Å². The van der Waals surface area contributed by atoms with Crippen LogP contribution < -0.4 is 9.47 Å². The van der Waals surface area contributed by atoms with Crippen molar-refractivity contribution in [3.8, 4) is 11.5 Å². The molecule has 2 aliphatic carbocycles. The normalized spacial score (nSPS) is 27.4. The van der Waals surface area contributed by atoms with E-state index in [-0.39, 0.29) is 24.0 Å². The molecule has 0 radical (unpaired) electrons. The third-order valence-corrected chi connectivity index (χ3v) is 7.30. The average Bonchev–Trinajstić information content (AvgIpc) is 2.74. The largest absolute Gasteiger partial charge is 0.491 e. The fraction of sp³-hybridized carbons (Fsp3) is 0.708. The topological polar surface area (TPSA) is 18.5 Å². The van der Waals surface area contributed by atoms with Gasteiger partial charge >= 0.3 is 0 Å². The summed E-state index contributed by atoms with van der Waals surface area (Å²) in [5.41, 5.74) is 0. The van der Waals surface area contributed by atoms with E-state index in [2.05, 4.69) is 6.92 Å². The van der Waals surface area contributed by atoms with Gasteiger partial charge < -0.3 is 9.47 Å². The minimum atomic E-state index is -1.03. The molecule has 1 aromatic carbocycles. The van der Waals surface area contributed by atoms with Crippen LogP contribution in [0.3, 0.4) is 0 Å². The van der Waals surface area contributed by atoms with Gasteiger partial charge in [-0.2, -0.15) is 8.78 Å². The molecular formula is C24H34F2O2S. The highest BCUT2D eigenvalue weighted by Gasteiger charge is 2.32. The van der Waals surface area contributed by atoms with Gasteiger partial charge in [0.25, 0.3) is 0 Å². The van der Waals surface area contributed by atoms with Gasteiger partial charge in [-0.25, -0.2) is 0 Å². The lowest BCUT2D eigenvalue weighted by Crippen LogP contribution is -2.29. The fourth-order valence-electron chi connectivity index (χ4n) is 5.23. The van der Waals surface area contributed by atoms with E-state index >= 15 is 0 Å². The molecule has 2 nitrogen and oxygen atoms in total. The summed E-state index contributed by atoms with van der Waals surface area (Å²) in [7, 11) is 0. The summed E-state index contributed by atoms with van der Waals surface area (Å²) >= 11 is 5.44. The lowest BCUT2D eigenvalue weighted by atomic mass is 9.69. The van der Waals surface area contributed by atoms with Gasteiger partial charge in [-0.05, 0) is 87.6 Å². The van der Waals surface area contributed by atoms with Crippen LogP contribution in [0, 0.1) is 35.3 Å². The van der Waals surface area contributed by atoms with Gasteiger partial charge in [-0.15, -0.1) is 0 Å². The summed E-state index contributed by atoms with van der Waals surface area (Å²) in [6, 6.07) is 2.79. The average molecular weight is 425 g/mol. The van der Waals surface area contributed by atoms with Crippen LogP contribution in [0.5, 0.6) is 11.5 Å². The zero-order chi connectivity index (χ0) is 20.8. The molecule has 2 fully saturated rings. The van der Waals surface area contributed by atoms with E-state index in [1.165, 1.54) is 50.7 Å². The Hall–Kier alpha value is -1.23. The number of rotatable bonds is 7. The lowest BCUT2D eigenvalue weighted by molar-refractivity contribution is 0.153. The Morgan fingerprint density at radius 2 is 1.45 bits per heavy atom. The summed E-state index contributed by atoms with van der Waals surface area (Å²) in [5, 5.41) is 0.387. The van der Waals surface area contributed by atoms with Gasteiger partial charge in [0.2, 0.25) is 11.6 Å². The number of ether oxygens (including phenoxy) is 2. The van der Waals surface area contributed by atoms with Crippen molar-refractivity contribution in [3.63, 3.8) is 0 Å². The third kappa shape index (κ3) is 5.68. The van der Waals surface area contributed by atoms with Crippen LogP contribution in [0.2, 0.25) is 0 Å². The van der Waals surface area contributed by atoms with Gasteiger partial charge in [0, 0.05) is 5.92 Å². The number of hydrogen-bond acceptors (Lipinski definition) is 3. The molecule has 0 atom stereocenters. The minimum Gasteiger partial charge on any atom is -0.491 e. The Labute approximate surface area is 179 Å². The molecule has 2 aliphatic rings. The smallest absolute Gasteiger partial charge is 0.205 e. The molecule has 0 heterocycles. The predicted octanol–water partition coefficient (Wildman–Crippen LogP) is 7.48. The van der Waals surface area contributed by atoms with Crippen LogP contribution in [0.1, 0.15) is 78.1 Å². The predicted molar refractivity (Wildman–Crippen MR) is 117 cm³/mol. The molecule has 0 bridgehead atoms. The molecule has 3 rings (SSSR count). The maximum atomic E-state index is 14.3. The Balaban J connectivity index is 1.49. The van der Waals surface area contributed by atoms with Gasteiger partial charge in [0.15, 0.2) is 16.5 Å². The monoisotopic (exact) mass is 424 g/mol. The summed E-state index contributed by atoms with van der Waals surface area (Å²) in [5.74, 6) is 0.437. The lowest BCUT2D eigenvalue weighted by Gasteiger charge is -2.37. The Morgan fingerprint density at radius 3 is 2.03 bits per heavy atom. The highest BCUT2D eigenvalue weighted by Crippen LogP contribution is 2.42. The summed E-state index contributed by atoms with van der Waals surface area (Å²) in [4.78, 5) is 0.